The van der Waals surface area contributed by atoms with Crippen molar-refractivity contribution in [3.63, 3.8) is 0 Å². The average molecular weight is 954 g/mol. The maximum atomic E-state index is 12.8. The molecule has 0 spiro atoms. The molecule has 9 heteroatoms. The van der Waals surface area contributed by atoms with Crippen molar-refractivity contribution >= 4 is 17.9 Å². The number of hydrogen-bond donors (Lipinski definition) is 1. The van der Waals surface area contributed by atoms with Crippen molar-refractivity contribution in [2.24, 2.45) is 0 Å². The van der Waals surface area contributed by atoms with E-state index in [1.807, 2.05) is 21.1 Å². The highest BCUT2D eigenvalue weighted by Crippen LogP contribution is 2.18. The number of rotatable bonds is 55. The van der Waals surface area contributed by atoms with Crippen LogP contribution in [0.1, 0.15) is 296 Å². The van der Waals surface area contributed by atoms with E-state index in [1.165, 1.54) is 231 Å². The van der Waals surface area contributed by atoms with Gasteiger partial charge in [0.2, 0.25) is 0 Å². The maximum Gasteiger partial charge on any atom is 0.361 e. The minimum Gasteiger partial charge on any atom is -0.477 e. The number of quaternary nitrogens is 1. The molecule has 0 rings (SSSR count). The van der Waals surface area contributed by atoms with Gasteiger partial charge in [-0.1, -0.05) is 271 Å². The van der Waals surface area contributed by atoms with Crippen molar-refractivity contribution < 1.29 is 42.9 Å². The van der Waals surface area contributed by atoms with E-state index >= 15 is 0 Å². The van der Waals surface area contributed by atoms with E-state index in [0.717, 1.165) is 38.5 Å². The van der Waals surface area contributed by atoms with E-state index in [0.29, 0.717) is 17.4 Å². The Morgan fingerprint density at radius 1 is 0.388 bits per heavy atom. The molecule has 0 aromatic rings. The third-order valence-electron chi connectivity index (χ3n) is 13.4. The summed E-state index contributed by atoms with van der Waals surface area (Å²) in [6.45, 7) is 4.85. The van der Waals surface area contributed by atoms with Crippen LogP contribution in [-0.4, -0.2) is 87.4 Å². The van der Waals surface area contributed by atoms with Gasteiger partial charge >= 0.3 is 17.9 Å². The van der Waals surface area contributed by atoms with Gasteiger partial charge in [-0.2, -0.15) is 0 Å². The Hall–Kier alpha value is -1.71. The Bertz CT molecular complexity index is 1060. The van der Waals surface area contributed by atoms with Crippen molar-refractivity contribution in [3.05, 3.63) is 0 Å². The van der Waals surface area contributed by atoms with Gasteiger partial charge in [0.1, 0.15) is 13.2 Å². The van der Waals surface area contributed by atoms with Gasteiger partial charge in [-0.25, -0.2) is 4.79 Å². The number of likely N-dealkylation sites (N-methyl/N-ethyl adjacent to an activating group) is 1. The highest BCUT2D eigenvalue weighted by Gasteiger charge is 2.25. The molecule has 0 saturated heterocycles. The average Bonchev–Trinajstić information content (AvgIpc) is 3.29. The predicted octanol–water partition coefficient (Wildman–Crippen LogP) is 16.8. The van der Waals surface area contributed by atoms with Crippen LogP contribution < -0.4 is 0 Å². The molecular formula is C58H114NO8+. The quantitative estimate of drug-likeness (QED) is 0.0278. The molecule has 0 saturated carbocycles. The lowest BCUT2D eigenvalue weighted by molar-refractivity contribution is -0.870. The second-order valence-corrected chi connectivity index (χ2v) is 21.3. The van der Waals surface area contributed by atoms with Gasteiger partial charge in [-0.15, -0.1) is 0 Å². The molecule has 0 aromatic heterocycles. The van der Waals surface area contributed by atoms with Gasteiger partial charge in [0, 0.05) is 12.8 Å². The smallest absolute Gasteiger partial charge is 0.361 e. The Labute approximate surface area is 415 Å². The maximum absolute atomic E-state index is 12.8. The number of carbonyl (C=O) groups is 3. The van der Waals surface area contributed by atoms with Gasteiger partial charge in [0.25, 0.3) is 6.29 Å². The molecular weight excluding hydrogens is 839 g/mol. The summed E-state index contributed by atoms with van der Waals surface area (Å²) >= 11 is 0. The van der Waals surface area contributed by atoms with E-state index in [4.69, 9.17) is 18.9 Å². The number of hydrogen-bond acceptors (Lipinski definition) is 7. The lowest BCUT2D eigenvalue weighted by atomic mass is 10.0. The van der Waals surface area contributed by atoms with Crippen LogP contribution in [0.5, 0.6) is 0 Å². The van der Waals surface area contributed by atoms with Crippen molar-refractivity contribution in [2.45, 2.75) is 309 Å². The number of carboxylic acids is 1. The summed E-state index contributed by atoms with van der Waals surface area (Å²) in [7, 11) is 5.96. The highest BCUT2D eigenvalue weighted by atomic mass is 16.7. The predicted molar refractivity (Wildman–Crippen MR) is 282 cm³/mol. The highest BCUT2D eigenvalue weighted by molar-refractivity contribution is 5.71. The summed E-state index contributed by atoms with van der Waals surface area (Å²) in [5, 5.41) is 9.62. The Balaban J connectivity index is 3.79. The summed E-state index contributed by atoms with van der Waals surface area (Å²) < 4.78 is 22.7. The molecule has 0 aliphatic carbocycles. The van der Waals surface area contributed by atoms with E-state index in [9.17, 15) is 19.5 Å². The summed E-state index contributed by atoms with van der Waals surface area (Å²) in [4.78, 5) is 37.0. The van der Waals surface area contributed by atoms with Gasteiger partial charge < -0.3 is 28.5 Å². The van der Waals surface area contributed by atoms with Crippen LogP contribution in [0, 0.1) is 0 Å². The van der Waals surface area contributed by atoms with Crippen LogP contribution in [0.4, 0.5) is 0 Å². The number of nitrogens with zero attached hydrogens (tertiary/aromatic N) is 1. The van der Waals surface area contributed by atoms with E-state index in [-0.39, 0.29) is 38.2 Å². The van der Waals surface area contributed by atoms with Crippen molar-refractivity contribution in [3.8, 4) is 0 Å². The third kappa shape index (κ3) is 52.0. The first-order valence-corrected chi connectivity index (χ1v) is 29.2. The van der Waals surface area contributed by atoms with Gasteiger partial charge in [0.05, 0.1) is 34.4 Å². The fourth-order valence-corrected chi connectivity index (χ4v) is 8.84. The van der Waals surface area contributed by atoms with Gasteiger partial charge in [-0.3, -0.25) is 9.59 Å². The van der Waals surface area contributed by atoms with E-state index in [1.54, 1.807) is 0 Å². The van der Waals surface area contributed by atoms with E-state index in [2.05, 4.69) is 13.8 Å². The molecule has 0 amide bonds. The Morgan fingerprint density at radius 2 is 0.672 bits per heavy atom. The standard InChI is InChI=1S/C58H113NO8/c1-6-8-10-12-14-15-16-17-18-19-20-21-22-23-24-25-26-27-28-29-30-31-32-33-34-35-36-37-38-39-40-41-42-43-45-47-49-56(61)67-54(52-65-55(60)48-46-44-13-11-9-7-2)53-66-58(57(62)63)64-51-50-59(3,4)5/h54,58H,6-53H2,1-5H3/p+1. The molecule has 0 radical (unpaired) electrons. The number of esters is 2. The molecule has 9 nitrogen and oxygen atoms in total. The molecule has 0 bridgehead atoms. The molecule has 2 unspecified atom stereocenters. The lowest BCUT2D eigenvalue weighted by Gasteiger charge is -2.25. The molecule has 0 aliphatic rings. The van der Waals surface area contributed by atoms with Gasteiger partial charge in [0.15, 0.2) is 6.10 Å². The molecule has 0 aliphatic heterocycles. The van der Waals surface area contributed by atoms with Crippen LogP contribution in [0.2, 0.25) is 0 Å². The topological polar surface area (TPSA) is 108 Å². The first kappa shape index (κ1) is 65.3. The second-order valence-electron chi connectivity index (χ2n) is 21.3. The number of ether oxygens (including phenoxy) is 4. The van der Waals surface area contributed by atoms with Crippen molar-refractivity contribution in [1.29, 1.82) is 0 Å². The van der Waals surface area contributed by atoms with Crippen LogP contribution in [0.25, 0.3) is 0 Å². The zero-order valence-corrected chi connectivity index (χ0v) is 45.3. The number of carbonyl (C=O) groups excluding carboxylic acids is 2. The second kappa shape index (κ2) is 50.7. The summed E-state index contributed by atoms with van der Waals surface area (Å²) in [5.41, 5.74) is 0. The van der Waals surface area contributed by atoms with Crippen LogP contribution in [0.3, 0.4) is 0 Å². The lowest BCUT2D eigenvalue weighted by Crippen LogP contribution is -2.40. The summed E-state index contributed by atoms with van der Waals surface area (Å²) in [6.07, 6.45) is 54.1. The number of unbranched alkanes of at least 4 members (excludes halogenated alkanes) is 40. The summed E-state index contributed by atoms with van der Waals surface area (Å²) in [5.74, 6) is -2.00. The Morgan fingerprint density at radius 3 is 0.955 bits per heavy atom. The van der Waals surface area contributed by atoms with Crippen LogP contribution >= 0.6 is 0 Å². The normalized spacial score (nSPS) is 12.7. The fraction of sp³-hybridized carbons (Fsp3) is 0.948. The zero-order chi connectivity index (χ0) is 49.2. The number of aliphatic carboxylic acids is 1. The zero-order valence-electron chi connectivity index (χ0n) is 45.3. The fourth-order valence-electron chi connectivity index (χ4n) is 8.84. The first-order valence-electron chi connectivity index (χ1n) is 29.2. The number of carboxylic acid groups (broad SMARTS) is 1. The molecule has 67 heavy (non-hydrogen) atoms. The molecule has 0 aromatic carbocycles. The summed E-state index contributed by atoms with van der Waals surface area (Å²) in [6, 6.07) is 0. The Kier molecular flexibility index (Phi) is 49.4. The van der Waals surface area contributed by atoms with E-state index < -0.39 is 18.4 Å². The van der Waals surface area contributed by atoms with Crippen LogP contribution in [-0.2, 0) is 33.3 Å². The molecule has 398 valence electrons. The van der Waals surface area contributed by atoms with Crippen LogP contribution in [0.15, 0.2) is 0 Å². The third-order valence-corrected chi connectivity index (χ3v) is 13.4. The molecule has 0 fully saturated rings. The van der Waals surface area contributed by atoms with Crippen molar-refractivity contribution in [2.75, 3.05) is 47.5 Å². The molecule has 0 heterocycles. The minimum atomic E-state index is -1.50. The van der Waals surface area contributed by atoms with Crippen molar-refractivity contribution in [1.82, 2.24) is 0 Å². The molecule has 2 atom stereocenters. The molecule has 1 N–H and O–H groups in total. The van der Waals surface area contributed by atoms with Gasteiger partial charge in [-0.05, 0) is 12.8 Å². The largest absolute Gasteiger partial charge is 0.477 e. The first-order chi connectivity index (χ1) is 32.6. The SMILES string of the molecule is CCCCCCCCCCCCCCCCCCCCCCCCCCCCCCCCCCCCCCC(=O)OC(COC(=O)CCCCCCCC)COC(OCC[N+](C)(C)C)C(=O)O. The monoisotopic (exact) mass is 953 g/mol. The minimum absolute atomic E-state index is 0.175.